The molecule has 84 valence electrons. The topological polar surface area (TPSA) is 49.9 Å². The molecule has 3 N–H and O–H groups in total. The molecule has 0 fully saturated rings. The van der Waals surface area contributed by atoms with Gasteiger partial charge in [-0.3, -0.25) is 5.41 Å². The molecule has 0 bridgehead atoms. The average molecular weight is 198 g/mol. The molecule has 2 heteroatoms. The Balaban J connectivity index is 5.06. The molecule has 0 amide bonds. The van der Waals surface area contributed by atoms with Crippen LogP contribution in [0.4, 0.5) is 0 Å². The van der Waals surface area contributed by atoms with Crippen LogP contribution >= 0.6 is 0 Å². The first-order chi connectivity index (χ1) is 6.19. The van der Waals surface area contributed by atoms with E-state index < -0.39 is 0 Å². The maximum atomic E-state index is 7.75. The summed E-state index contributed by atoms with van der Waals surface area (Å²) in [4.78, 5) is 0. The second-order valence-corrected chi connectivity index (χ2v) is 5.57. The van der Waals surface area contributed by atoms with Crippen molar-refractivity contribution in [2.45, 2.75) is 54.4 Å². The molecule has 0 aromatic carbocycles. The van der Waals surface area contributed by atoms with Crippen molar-refractivity contribution in [2.75, 3.05) is 0 Å². The first-order valence-electron chi connectivity index (χ1n) is 5.53. The van der Waals surface area contributed by atoms with Gasteiger partial charge in [-0.15, -0.1) is 0 Å². The molecular weight excluding hydrogens is 172 g/mol. The third kappa shape index (κ3) is 2.73. The Bertz CT molecular complexity index is 188. The van der Waals surface area contributed by atoms with E-state index in [9.17, 15) is 0 Å². The van der Waals surface area contributed by atoms with Crippen molar-refractivity contribution in [3.8, 4) is 0 Å². The lowest BCUT2D eigenvalue weighted by Gasteiger charge is -2.43. The zero-order chi connectivity index (χ0) is 11.6. The van der Waals surface area contributed by atoms with E-state index >= 15 is 0 Å². The lowest BCUT2D eigenvalue weighted by molar-refractivity contribution is 0.121. The van der Waals surface area contributed by atoms with Gasteiger partial charge in [0.1, 0.15) is 0 Å². The van der Waals surface area contributed by atoms with Crippen LogP contribution < -0.4 is 5.73 Å². The maximum Gasteiger partial charge on any atom is 0.0947 e. The van der Waals surface area contributed by atoms with Gasteiger partial charge in [-0.05, 0) is 10.8 Å². The van der Waals surface area contributed by atoms with Gasteiger partial charge in [-0.1, -0.05) is 54.4 Å². The summed E-state index contributed by atoms with van der Waals surface area (Å²) in [6, 6.07) is 0. The van der Waals surface area contributed by atoms with Gasteiger partial charge in [0.15, 0.2) is 0 Å². The largest absolute Gasteiger partial charge is 0.387 e. The van der Waals surface area contributed by atoms with E-state index in [-0.39, 0.29) is 16.7 Å². The zero-order valence-corrected chi connectivity index (χ0v) is 10.6. The van der Waals surface area contributed by atoms with E-state index in [0.29, 0.717) is 5.84 Å². The standard InChI is InChI=1S/C12H26N2/c1-7-11(3,4)9(10(13)14)12(5,6)8-2/h9H,7-8H2,1-6H3,(H3,13,14). The fourth-order valence-corrected chi connectivity index (χ4v) is 2.31. The highest BCUT2D eigenvalue weighted by molar-refractivity contribution is 5.81. The number of hydrogen-bond donors (Lipinski definition) is 2. The van der Waals surface area contributed by atoms with Crippen LogP contribution in [-0.4, -0.2) is 5.84 Å². The Morgan fingerprint density at radius 2 is 1.36 bits per heavy atom. The number of hydrogen-bond acceptors (Lipinski definition) is 1. The van der Waals surface area contributed by atoms with Gasteiger partial charge in [-0.25, -0.2) is 0 Å². The Labute approximate surface area is 88.8 Å². The molecule has 14 heavy (non-hydrogen) atoms. The molecule has 0 radical (unpaired) electrons. The van der Waals surface area contributed by atoms with Gasteiger partial charge in [0.05, 0.1) is 5.84 Å². The van der Waals surface area contributed by atoms with Crippen LogP contribution in [0.3, 0.4) is 0 Å². The Hall–Kier alpha value is -0.530. The molecule has 0 heterocycles. The number of rotatable bonds is 5. The summed E-state index contributed by atoms with van der Waals surface area (Å²) < 4.78 is 0. The predicted molar refractivity (Wildman–Crippen MR) is 63.5 cm³/mol. The summed E-state index contributed by atoms with van der Waals surface area (Å²) in [7, 11) is 0. The maximum absolute atomic E-state index is 7.75. The van der Waals surface area contributed by atoms with Gasteiger partial charge in [0, 0.05) is 5.92 Å². The Morgan fingerprint density at radius 3 is 1.50 bits per heavy atom. The first-order valence-corrected chi connectivity index (χ1v) is 5.53. The SMILES string of the molecule is CCC(C)(C)C(C(=N)N)C(C)(C)CC. The van der Waals surface area contributed by atoms with Crippen molar-refractivity contribution in [2.24, 2.45) is 22.5 Å². The van der Waals surface area contributed by atoms with Crippen molar-refractivity contribution in [3.05, 3.63) is 0 Å². The Morgan fingerprint density at radius 1 is 1.07 bits per heavy atom. The minimum Gasteiger partial charge on any atom is -0.387 e. The van der Waals surface area contributed by atoms with Crippen molar-refractivity contribution >= 4 is 5.84 Å². The number of nitrogens with one attached hydrogen (secondary N) is 1. The third-order valence-corrected chi connectivity index (χ3v) is 3.70. The number of nitrogens with two attached hydrogens (primary N) is 1. The molecule has 0 atom stereocenters. The molecule has 0 saturated carbocycles. The van der Waals surface area contributed by atoms with E-state index in [2.05, 4.69) is 41.5 Å². The molecule has 0 aliphatic heterocycles. The average Bonchev–Trinajstić information content (AvgIpc) is 2.02. The van der Waals surface area contributed by atoms with E-state index in [1.165, 1.54) is 0 Å². The van der Waals surface area contributed by atoms with Crippen LogP contribution in [0, 0.1) is 22.2 Å². The van der Waals surface area contributed by atoms with E-state index in [1.807, 2.05) is 0 Å². The minimum absolute atomic E-state index is 0.116. The van der Waals surface area contributed by atoms with Gasteiger partial charge in [-0.2, -0.15) is 0 Å². The Kier molecular flexibility index (Phi) is 4.16. The first kappa shape index (κ1) is 13.5. The fourth-order valence-electron chi connectivity index (χ4n) is 2.31. The summed E-state index contributed by atoms with van der Waals surface area (Å²) in [5.74, 6) is 0.508. The van der Waals surface area contributed by atoms with E-state index in [1.54, 1.807) is 0 Å². The van der Waals surface area contributed by atoms with Crippen LogP contribution in [0.15, 0.2) is 0 Å². The molecule has 0 aromatic heterocycles. The highest BCUT2D eigenvalue weighted by Crippen LogP contribution is 2.44. The smallest absolute Gasteiger partial charge is 0.0947 e. The van der Waals surface area contributed by atoms with Crippen molar-refractivity contribution in [1.82, 2.24) is 0 Å². The molecule has 0 spiro atoms. The molecule has 2 nitrogen and oxygen atoms in total. The molecule has 0 saturated heterocycles. The molecule has 0 unspecified atom stereocenters. The van der Waals surface area contributed by atoms with Crippen LogP contribution in [0.25, 0.3) is 0 Å². The van der Waals surface area contributed by atoms with Crippen LogP contribution in [0.5, 0.6) is 0 Å². The second-order valence-electron chi connectivity index (χ2n) is 5.57. The molecular formula is C12H26N2. The summed E-state index contributed by atoms with van der Waals surface area (Å²) in [5.41, 5.74) is 5.98. The van der Waals surface area contributed by atoms with Crippen molar-refractivity contribution < 1.29 is 0 Å². The van der Waals surface area contributed by atoms with E-state index in [0.717, 1.165) is 12.8 Å². The predicted octanol–water partition coefficient (Wildman–Crippen LogP) is 3.41. The molecule has 0 aromatic rings. The van der Waals surface area contributed by atoms with Crippen molar-refractivity contribution in [1.29, 1.82) is 5.41 Å². The van der Waals surface area contributed by atoms with Gasteiger partial charge >= 0.3 is 0 Å². The lowest BCUT2D eigenvalue weighted by Crippen LogP contribution is -2.44. The molecule has 0 aliphatic carbocycles. The summed E-state index contributed by atoms with van der Waals surface area (Å²) in [6.45, 7) is 13.2. The summed E-state index contributed by atoms with van der Waals surface area (Å²) in [5, 5.41) is 7.75. The van der Waals surface area contributed by atoms with Crippen LogP contribution in [0.1, 0.15) is 54.4 Å². The van der Waals surface area contributed by atoms with Crippen molar-refractivity contribution in [3.63, 3.8) is 0 Å². The van der Waals surface area contributed by atoms with Gasteiger partial charge < -0.3 is 5.73 Å². The molecule has 0 aliphatic rings. The monoisotopic (exact) mass is 198 g/mol. The zero-order valence-electron chi connectivity index (χ0n) is 10.6. The second kappa shape index (κ2) is 4.33. The highest BCUT2D eigenvalue weighted by atomic mass is 14.7. The van der Waals surface area contributed by atoms with E-state index in [4.69, 9.17) is 11.1 Å². The summed E-state index contributed by atoms with van der Waals surface area (Å²) >= 11 is 0. The lowest BCUT2D eigenvalue weighted by atomic mass is 9.62. The summed E-state index contributed by atoms with van der Waals surface area (Å²) in [6.07, 6.45) is 2.11. The molecule has 0 rings (SSSR count). The normalized spacial score (nSPS) is 13.4. The minimum atomic E-state index is 0.116. The van der Waals surface area contributed by atoms with Crippen LogP contribution in [-0.2, 0) is 0 Å². The quantitative estimate of drug-likeness (QED) is 0.516. The van der Waals surface area contributed by atoms with Crippen LogP contribution in [0.2, 0.25) is 0 Å². The van der Waals surface area contributed by atoms with Gasteiger partial charge in [0.25, 0.3) is 0 Å². The fraction of sp³-hybridized carbons (Fsp3) is 0.917. The highest BCUT2D eigenvalue weighted by Gasteiger charge is 2.40. The van der Waals surface area contributed by atoms with Gasteiger partial charge in [0.2, 0.25) is 0 Å². The third-order valence-electron chi connectivity index (χ3n) is 3.70. The number of amidine groups is 1.